The molecule has 1 atom stereocenters. The van der Waals surface area contributed by atoms with Crippen LogP contribution in [0, 0.1) is 12.3 Å². The van der Waals surface area contributed by atoms with Crippen molar-refractivity contribution in [3.8, 4) is 18.1 Å². The van der Waals surface area contributed by atoms with Gasteiger partial charge >= 0.3 is 5.24 Å². The lowest BCUT2D eigenvalue weighted by Gasteiger charge is -2.22. The molecule has 0 radical (unpaired) electrons. The molecule has 1 amide bonds. The number of hydrogen-bond donors (Lipinski definition) is 0. The highest BCUT2D eigenvalue weighted by Gasteiger charge is 2.19. The number of amides is 1. The van der Waals surface area contributed by atoms with Crippen LogP contribution >= 0.6 is 0 Å². The lowest BCUT2D eigenvalue weighted by molar-refractivity contribution is -0.117. The van der Waals surface area contributed by atoms with Crippen LogP contribution in [0.2, 0.25) is 0 Å². The molecule has 1 aromatic carbocycles. The van der Waals surface area contributed by atoms with Gasteiger partial charge < -0.3 is 14.4 Å². The average molecular weight is 406 g/mol. The molecule has 0 aliphatic rings. The predicted octanol–water partition coefficient (Wildman–Crippen LogP) is 4.32. The molecule has 0 aromatic heterocycles. The Morgan fingerprint density at radius 1 is 1.14 bits per heavy atom. The van der Waals surface area contributed by atoms with Crippen LogP contribution in [0.3, 0.4) is 0 Å². The summed E-state index contributed by atoms with van der Waals surface area (Å²) in [5.74, 6) is 3.83. The molecule has 0 saturated carbocycles. The molecule has 0 saturated heterocycles. The molecule has 6 heteroatoms. The molecule has 0 aliphatic carbocycles. The van der Waals surface area contributed by atoms with Crippen LogP contribution in [-0.4, -0.2) is 39.0 Å². The van der Waals surface area contributed by atoms with Gasteiger partial charge in [0.2, 0.25) is 0 Å². The summed E-state index contributed by atoms with van der Waals surface area (Å²) in [5.41, 5.74) is 0.952. The van der Waals surface area contributed by atoms with Crippen molar-refractivity contribution in [2.45, 2.75) is 58.9 Å². The quantitative estimate of drug-likeness (QED) is 0.362. The highest BCUT2D eigenvalue weighted by molar-refractivity contribution is 8.00. The second kappa shape index (κ2) is 14.0. The van der Waals surface area contributed by atoms with Crippen molar-refractivity contribution in [1.82, 2.24) is 4.90 Å². The van der Waals surface area contributed by atoms with Crippen molar-refractivity contribution in [3.05, 3.63) is 29.8 Å². The van der Waals surface area contributed by atoms with E-state index in [1.807, 2.05) is 24.3 Å². The van der Waals surface area contributed by atoms with Gasteiger partial charge in [-0.2, -0.15) is 0 Å². The Balaban J connectivity index is 2.60. The number of carbonyl (C=O) groups excluding carboxylic acids is 2. The molecule has 0 aliphatic heterocycles. The molecule has 0 heterocycles. The average Bonchev–Trinajstić information content (AvgIpc) is 2.69. The van der Waals surface area contributed by atoms with Gasteiger partial charge in [-0.05, 0) is 50.3 Å². The number of ketones is 1. The molecule has 154 valence electrons. The van der Waals surface area contributed by atoms with E-state index in [1.54, 1.807) is 18.7 Å². The number of unbranched alkanes of at least 4 members (excludes halogenated alkanes) is 3. The topological polar surface area (TPSA) is 63.7 Å². The third kappa shape index (κ3) is 9.70. The van der Waals surface area contributed by atoms with E-state index in [0.717, 1.165) is 37.0 Å². The van der Waals surface area contributed by atoms with Crippen LogP contribution in [0.4, 0.5) is 4.79 Å². The minimum Gasteiger partial charge on any atom is -0.494 e. The molecule has 0 unspecified atom stereocenters. The number of carbonyl (C=O) groups is 2. The normalized spacial score (nSPS) is 11.5. The van der Waals surface area contributed by atoms with Gasteiger partial charge in [-0.3, -0.25) is 4.79 Å². The first-order valence-electron chi connectivity index (χ1n) is 9.79. The Kier molecular flexibility index (Phi) is 11.9. The smallest absolute Gasteiger partial charge is 0.312 e. The van der Waals surface area contributed by atoms with Crippen LogP contribution in [-0.2, 0) is 22.1 Å². The zero-order valence-corrected chi connectivity index (χ0v) is 17.8. The maximum Gasteiger partial charge on any atom is 0.312 e. The Bertz CT molecular complexity index is 679. The lowest BCUT2D eigenvalue weighted by Crippen LogP contribution is -2.33. The van der Waals surface area contributed by atoms with Crippen molar-refractivity contribution in [3.63, 3.8) is 0 Å². The number of ether oxygens (including phenoxy) is 1. The fraction of sp³-hybridized carbons (Fsp3) is 0.545. The van der Waals surface area contributed by atoms with Gasteiger partial charge in [0.1, 0.15) is 22.3 Å². The molecular formula is C22H31NO4S. The second-order valence-electron chi connectivity index (χ2n) is 6.63. The van der Waals surface area contributed by atoms with E-state index >= 15 is 0 Å². The minimum absolute atomic E-state index is 0.143. The third-order valence-electron chi connectivity index (χ3n) is 4.20. The second-order valence-corrected chi connectivity index (χ2v) is 8.25. The molecule has 0 fully saturated rings. The van der Waals surface area contributed by atoms with E-state index in [1.165, 1.54) is 0 Å². The first-order valence-corrected chi connectivity index (χ1v) is 11.1. The molecule has 0 N–H and O–H groups in total. The fourth-order valence-electron chi connectivity index (χ4n) is 2.61. The van der Waals surface area contributed by atoms with Gasteiger partial charge in [0, 0.05) is 31.7 Å². The van der Waals surface area contributed by atoms with Gasteiger partial charge in [-0.15, -0.1) is 12.3 Å². The van der Waals surface area contributed by atoms with Crippen LogP contribution in [0.25, 0.3) is 0 Å². The molecule has 28 heavy (non-hydrogen) atoms. The summed E-state index contributed by atoms with van der Waals surface area (Å²) in [7, 11) is -1.52. The van der Waals surface area contributed by atoms with Crippen LogP contribution in [0.5, 0.6) is 5.75 Å². The Hall–Kier alpha value is -2.13. The van der Waals surface area contributed by atoms with Crippen LogP contribution in [0.15, 0.2) is 24.3 Å². The third-order valence-corrected chi connectivity index (χ3v) is 5.38. The SMILES string of the molecule is C#CCCCCOc1ccc(CN(CCCCC(C)=O)C(=O)[S@@](=O)CC)cc1. The van der Waals surface area contributed by atoms with Gasteiger partial charge in [-0.1, -0.05) is 19.1 Å². The van der Waals surface area contributed by atoms with E-state index < -0.39 is 10.8 Å². The summed E-state index contributed by atoms with van der Waals surface area (Å²) < 4.78 is 17.7. The van der Waals surface area contributed by atoms with E-state index in [9.17, 15) is 13.8 Å². The number of terminal acetylenes is 1. The monoisotopic (exact) mass is 405 g/mol. The Labute approximate surface area is 171 Å². The number of hydrogen-bond acceptors (Lipinski definition) is 4. The standard InChI is InChI=1S/C22H31NO4S/c1-4-6-7-10-17-27-21-14-12-20(13-15-21)18-23(22(25)28(26)5-2)16-9-8-11-19(3)24/h1,12-15H,5-11,16-18H2,2-3H3/t28-/m0/s1. The fourth-order valence-corrected chi connectivity index (χ4v) is 3.30. The van der Waals surface area contributed by atoms with Crippen molar-refractivity contribution < 1.29 is 18.5 Å². The Morgan fingerprint density at radius 3 is 2.46 bits per heavy atom. The van der Waals surface area contributed by atoms with Crippen molar-refractivity contribution in [2.75, 3.05) is 18.9 Å². The van der Waals surface area contributed by atoms with E-state index in [4.69, 9.17) is 11.2 Å². The van der Waals surface area contributed by atoms with Crippen molar-refractivity contribution in [1.29, 1.82) is 0 Å². The number of benzene rings is 1. The minimum atomic E-state index is -1.52. The van der Waals surface area contributed by atoms with Gasteiger partial charge in [-0.25, -0.2) is 4.21 Å². The van der Waals surface area contributed by atoms with E-state index in [-0.39, 0.29) is 11.0 Å². The van der Waals surface area contributed by atoms with E-state index in [0.29, 0.717) is 38.3 Å². The van der Waals surface area contributed by atoms with Gasteiger partial charge in [0.25, 0.3) is 0 Å². The van der Waals surface area contributed by atoms with Gasteiger partial charge in [0.15, 0.2) is 0 Å². The highest BCUT2D eigenvalue weighted by Crippen LogP contribution is 2.16. The van der Waals surface area contributed by atoms with Crippen LogP contribution in [0.1, 0.15) is 57.9 Å². The summed E-state index contributed by atoms with van der Waals surface area (Å²) in [6.07, 6.45) is 9.80. The zero-order chi connectivity index (χ0) is 20.8. The maximum atomic E-state index is 12.4. The number of rotatable bonds is 13. The van der Waals surface area contributed by atoms with Crippen molar-refractivity contribution in [2.24, 2.45) is 0 Å². The Morgan fingerprint density at radius 2 is 1.86 bits per heavy atom. The summed E-state index contributed by atoms with van der Waals surface area (Å²) in [6.45, 7) is 4.81. The van der Waals surface area contributed by atoms with E-state index in [2.05, 4.69) is 5.92 Å². The predicted molar refractivity (Wildman–Crippen MR) is 114 cm³/mol. The lowest BCUT2D eigenvalue weighted by atomic mass is 10.1. The molecular weight excluding hydrogens is 374 g/mol. The highest BCUT2D eigenvalue weighted by atomic mass is 32.2. The van der Waals surface area contributed by atoms with Crippen molar-refractivity contribution >= 4 is 21.8 Å². The maximum absolute atomic E-state index is 12.4. The molecule has 5 nitrogen and oxygen atoms in total. The number of nitrogens with zero attached hydrogens (tertiary/aromatic N) is 1. The number of Topliss-reactive ketones (excluding diaryl/α,β-unsaturated/α-hetero) is 1. The summed E-state index contributed by atoms with van der Waals surface area (Å²) in [6, 6.07) is 7.60. The zero-order valence-electron chi connectivity index (χ0n) is 16.9. The van der Waals surface area contributed by atoms with Gasteiger partial charge in [0.05, 0.1) is 6.61 Å². The first kappa shape index (κ1) is 23.9. The molecule has 1 aromatic rings. The first-order chi connectivity index (χ1) is 13.5. The van der Waals surface area contributed by atoms with Crippen LogP contribution < -0.4 is 4.74 Å². The molecule has 1 rings (SSSR count). The molecule has 0 bridgehead atoms. The largest absolute Gasteiger partial charge is 0.494 e. The summed E-state index contributed by atoms with van der Waals surface area (Å²) >= 11 is 0. The summed E-state index contributed by atoms with van der Waals surface area (Å²) in [5, 5.41) is -0.348. The molecule has 0 spiro atoms. The summed E-state index contributed by atoms with van der Waals surface area (Å²) in [4.78, 5) is 25.1.